The molecule has 110 valence electrons. The van der Waals surface area contributed by atoms with Crippen LogP contribution in [0.25, 0.3) is 0 Å². The molecule has 1 heterocycles. The van der Waals surface area contributed by atoms with Crippen molar-refractivity contribution in [3.05, 3.63) is 39.3 Å². The Morgan fingerprint density at radius 3 is 3.19 bits per heavy atom. The summed E-state index contributed by atoms with van der Waals surface area (Å²) in [5, 5.41) is 3.50. The van der Waals surface area contributed by atoms with Crippen LogP contribution in [0.5, 0.6) is 5.75 Å². The predicted molar refractivity (Wildman–Crippen MR) is 84.3 cm³/mol. The Morgan fingerprint density at radius 2 is 2.38 bits per heavy atom. The van der Waals surface area contributed by atoms with Crippen LogP contribution in [0.4, 0.5) is 5.69 Å². The van der Waals surface area contributed by atoms with Crippen molar-refractivity contribution in [1.29, 1.82) is 0 Å². The summed E-state index contributed by atoms with van der Waals surface area (Å²) in [4.78, 5) is 18.0. The maximum Gasteiger partial charge on any atom is 0.227 e. The Kier molecular flexibility index (Phi) is 4.12. The van der Waals surface area contributed by atoms with E-state index in [1.807, 2.05) is 5.51 Å². The van der Waals surface area contributed by atoms with Crippen LogP contribution in [-0.2, 0) is 17.6 Å². The number of nitrogens with zero attached hydrogens (tertiary/aromatic N) is 1. The smallest absolute Gasteiger partial charge is 0.227 e. The summed E-state index contributed by atoms with van der Waals surface area (Å²) in [5.41, 5.74) is 3.61. The summed E-state index contributed by atoms with van der Waals surface area (Å²) in [7, 11) is 1.57. The van der Waals surface area contributed by atoms with Gasteiger partial charge in [0.15, 0.2) is 0 Å². The molecule has 1 atom stereocenters. The number of fused-ring (bicyclic) bond motifs is 1. The molecule has 21 heavy (non-hydrogen) atoms. The first-order chi connectivity index (χ1) is 10.2. The SMILES string of the molecule is COc1ccc(Cl)cc1NC(=O)C1CCc2ncsc2C1. The summed E-state index contributed by atoms with van der Waals surface area (Å²) in [6, 6.07) is 5.19. The van der Waals surface area contributed by atoms with E-state index in [1.54, 1.807) is 36.6 Å². The molecule has 0 fully saturated rings. The maximum atomic E-state index is 12.5. The lowest BCUT2D eigenvalue weighted by Gasteiger charge is -2.21. The zero-order valence-electron chi connectivity index (χ0n) is 11.6. The lowest BCUT2D eigenvalue weighted by molar-refractivity contribution is -0.120. The normalized spacial score (nSPS) is 17.1. The van der Waals surface area contributed by atoms with Crippen molar-refractivity contribution < 1.29 is 9.53 Å². The predicted octanol–water partition coefficient (Wildman–Crippen LogP) is 3.55. The van der Waals surface area contributed by atoms with Crippen LogP contribution in [0.15, 0.2) is 23.7 Å². The molecule has 1 amide bonds. The third-order valence-corrected chi connectivity index (χ3v) is 4.81. The summed E-state index contributed by atoms with van der Waals surface area (Å²) in [6.45, 7) is 0. The van der Waals surface area contributed by atoms with Crippen molar-refractivity contribution in [2.24, 2.45) is 5.92 Å². The van der Waals surface area contributed by atoms with Gasteiger partial charge in [-0.05, 0) is 37.5 Å². The number of ether oxygens (including phenoxy) is 1. The third-order valence-electron chi connectivity index (χ3n) is 3.68. The van der Waals surface area contributed by atoms with Gasteiger partial charge in [-0.25, -0.2) is 4.98 Å². The molecular formula is C15H15ClN2O2S. The molecule has 0 bridgehead atoms. The Bertz CT molecular complexity index is 671. The molecule has 1 N–H and O–H groups in total. The van der Waals surface area contributed by atoms with Crippen molar-refractivity contribution in [3.63, 3.8) is 0 Å². The minimum atomic E-state index is -0.0263. The van der Waals surface area contributed by atoms with Gasteiger partial charge in [-0.15, -0.1) is 11.3 Å². The minimum Gasteiger partial charge on any atom is -0.495 e. The fraction of sp³-hybridized carbons (Fsp3) is 0.333. The van der Waals surface area contributed by atoms with E-state index in [4.69, 9.17) is 16.3 Å². The Labute approximate surface area is 132 Å². The first-order valence-electron chi connectivity index (χ1n) is 6.73. The summed E-state index contributed by atoms with van der Waals surface area (Å²) >= 11 is 7.61. The van der Waals surface area contributed by atoms with Crippen molar-refractivity contribution in [1.82, 2.24) is 4.98 Å². The molecule has 1 unspecified atom stereocenters. The third kappa shape index (κ3) is 3.04. The topological polar surface area (TPSA) is 51.2 Å². The number of rotatable bonds is 3. The first-order valence-corrected chi connectivity index (χ1v) is 7.99. The zero-order valence-corrected chi connectivity index (χ0v) is 13.1. The van der Waals surface area contributed by atoms with E-state index in [0.29, 0.717) is 16.5 Å². The molecule has 0 spiro atoms. The molecule has 1 aliphatic rings. The van der Waals surface area contributed by atoms with Gasteiger partial charge in [-0.1, -0.05) is 11.6 Å². The number of anilines is 1. The quantitative estimate of drug-likeness (QED) is 0.940. The summed E-state index contributed by atoms with van der Waals surface area (Å²) in [6.07, 6.45) is 2.45. The second kappa shape index (κ2) is 6.03. The zero-order chi connectivity index (χ0) is 14.8. The number of halogens is 1. The highest BCUT2D eigenvalue weighted by Gasteiger charge is 2.26. The van der Waals surface area contributed by atoms with Crippen molar-refractivity contribution in [3.8, 4) is 5.75 Å². The maximum absolute atomic E-state index is 12.5. The van der Waals surface area contributed by atoms with Crippen LogP contribution in [0.1, 0.15) is 17.0 Å². The van der Waals surface area contributed by atoms with Crippen molar-refractivity contribution >= 4 is 34.5 Å². The molecule has 1 aliphatic carbocycles. The van der Waals surface area contributed by atoms with E-state index >= 15 is 0 Å². The fourth-order valence-corrected chi connectivity index (χ4v) is 3.60. The van der Waals surface area contributed by atoms with Gasteiger partial charge in [0.1, 0.15) is 5.75 Å². The second-order valence-corrected chi connectivity index (χ2v) is 6.37. The number of thiazole rings is 1. The van der Waals surface area contributed by atoms with Crippen LogP contribution in [0, 0.1) is 5.92 Å². The Morgan fingerprint density at radius 1 is 1.52 bits per heavy atom. The molecule has 6 heteroatoms. The van der Waals surface area contributed by atoms with Gasteiger partial charge >= 0.3 is 0 Å². The number of methoxy groups -OCH3 is 1. The molecule has 3 rings (SSSR count). The van der Waals surface area contributed by atoms with E-state index in [2.05, 4.69) is 10.3 Å². The number of hydrogen-bond donors (Lipinski definition) is 1. The van der Waals surface area contributed by atoms with Gasteiger partial charge in [0.25, 0.3) is 0 Å². The highest BCUT2D eigenvalue weighted by atomic mass is 35.5. The first kappa shape index (κ1) is 14.4. The van der Waals surface area contributed by atoms with Gasteiger partial charge in [-0.3, -0.25) is 4.79 Å². The van der Waals surface area contributed by atoms with E-state index in [9.17, 15) is 4.79 Å². The molecular weight excluding hydrogens is 308 g/mol. The largest absolute Gasteiger partial charge is 0.495 e. The van der Waals surface area contributed by atoms with Gasteiger partial charge < -0.3 is 10.1 Å². The second-order valence-electron chi connectivity index (χ2n) is 5.00. The molecule has 4 nitrogen and oxygen atoms in total. The van der Waals surface area contributed by atoms with Gasteiger partial charge in [0, 0.05) is 15.8 Å². The molecule has 1 aromatic carbocycles. The average Bonchev–Trinajstić information content (AvgIpc) is 2.94. The van der Waals surface area contributed by atoms with E-state index < -0.39 is 0 Å². The van der Waals surface area contributed by atoms with Crippen LogP contribution >= 0.6 is 22.9 Å². The van der Waals surface area contributed by atoms with E-state index in [0.717, 1.165) is 25.0 Å². The van der Waals surface area contributed by atoms with Crippen molar-refractivity contribution in [2.45, 2.75) is 19.3 Å². The standard InChI is InChI=1S/C15H15ClN2O2S/c1-20-13-5-3-10(16)7-12(13)18-15(19)9-2-4-11-14(6-9)21-8-17-11/h3,5,7-9H,2,4,6H2,1H3,(H,18,19). The number of aryl methyl sites for hydroxylation is 1. The lowest BCUT2D eigenvalue weighted by atomic mass is 9.90. The number of carbonyl (C=O) groups excluding carboxylic acids is 1. The van der Waals surface area contributed by atoms with Crippen LogP contribution < -0.4 is 10.1 Å². The Balaban J connectivity index is 1.74. The molecule has 0 radical (unpaired) electrons. The highest BCUT2D eigenvalue weighted by molar-refractivity contribution is 7.09. The van der Waals surface area contributed by atoms with Crippen LogP contribution in [-0.4, -0.2) is 18.0 Å². The van der Waals surface area contributed by atoms with Gasteiger partial charge in [-0.2, -0.15) is 0 Å². The summed E-state index contributed by atoms with van der Waals surface area (Å²) < 4.78 is 5.25. The minimum absolute atomic E-state index is 0.00890. The molecule has 0 saturated carbocycles. The van der Waals surface area contributed by atoms with Gasteiger partial charge in [0.05, 0.1) is 24.0 Å². The monoisotopic (exact) mass is 322 g/mol. The lowest BCUT2D eigenvalue weighted by Crippen LogP contribution is -2.27. The van der Waals surface area contributed by atoms with E-state index in [-0.39, 0.29) is 11.8 Å². The Hall–Kier alpha value is -1.59. The van der Waals surface area contributed by atoms with Crippen LogP contribution in [0.2, 0.25) is 5.02 Å². The number of carbonyl (C=O) groups is 1. The van der Waals surface area contributed by atoms with Gasteiger partial charge in [0.2, 0.25) is 5.91 Å². The van der Waals surface area contributed by atoms with Crippen LogP contribution in [0.3, 0.4) is 0 Å². The number of benzene rings is 1. The van der Waals surface area contributed by atoms with E-state index in [1.165, 1.54) is 4.88 Å². The average molecular weight is 323 g/mol. The highest BCUT2D eigenvalue weighted by Crippen LogP contribution is 2.31. The molecule has 1 aromatic heterocycles. The number of hydrogen-bond acceptors (Lipinski definition) is 4. The van der Waals surface area contributed by atoms with Crippen molar-refractivity contribution in [2.75, 3.05) is 12.4 Å². The number of nitrogens with one attached hydrogen (secondary N) is 1. The summed E-state index contributed by atoms with van der Waals surface area (Å²) in [5.74, 6) is 0.596. The molecule has 0 aliphatic heterocycles. The molecule has 0 saturated heterocycles. The fourth-order valence-electron chi connectivity index (χ4n) is 2.54. The molecule has 2 aromatic rings. The number of aromatic nitrogens is 1. The number of amides is 1.